The Morgan fingerprint density at radius 3 is 2.53 bits per heavy atom. The molecule has 4 heteroatoms. The van der Waals surface area contributed by atoms with Gasteiger partial charge in [0.25, 0.3) is 0 Å². The second-order valence-electron chi connectivity index (χ2n) is 4.43. The second-order valence-corrected chi connectivity index (χ2v) is 5.52. The Morgan fingerprint density at radius 2 is 1.84 bits per heavy atom. The van der Waals surface area contributed by atoms with Gasteiger partial charge in [-0.15, -0.1) is 0 Å². The lowest BCUT2D eigenvalue weighted by Crippen LogP contribution is -2.00. The summed E-state index contributed by atoms with van der Waals surface area (Å²) in [6.07, 6.45) is 0. The standard InChI is InChI=1S/C15H15NO2S/c1-9-3-4-10(2)13(7-9)19-14-8-11(16)5-6-12(14)15(17)18/h3-8H,16H2,1-2H3,(H,17,18). The largest absolute Gasteiger partial charge is 0.478 e. The van der Waals surface area contributed by atoms with Crippen LogP contribution in [0.5, 0.6) is 0 Å². The van der Waals surface area contributed by atoms with Gasteiger partial charge in [-0.2, -0.15) is 0 Å². The first-order chi connectivity index (χ1) is 8.97. The maximum atomic E-state index is 11.2. The minimum atomic E-state index is -0.937. The van der Waals surface area contributed by atoms with Gasteiger partial charge in [0.05, 0.1) is 5.56 Å². The molecule has 0 aromatic heterocycles. The van der Waals surface area contributed by atoms with Crippen LogP contribution >= 0.6 is 11.8 Å². The van der Waals surface area contributed by atoms with Gasteiger partial charge < -0.3 is 10.8 Å². The fourth-order valence-electron chi connectivity index (χ4n) is 1.74. The molecule has 0 unspecified atom stereocenters. The fourth-order valence-corrected chi connectivity index (χ4v) is 2.91. The third-order valence-electron chi connectivity index (χ3n) is 2.80. The zero-order chi connectivity index (χ0) is 14.0. The molecule has 0 saturated carbocycles. The topological polar surface area (TPSA) is 63.3 Å². The van der Waals surface area contributed by atoms with Gasteiger partial charge in [0.15, 0.2) is 0 Å². The Bertz CT molecular complexity index is 638. The van der Waals surface area contributed by atoms with E-state index in [1.165, 1.54) is 11.8 Å². The highest BCUT2D eigenvalue weighted by atomic mass is 32.2. The van der Waals surface area contributed by atoms with Gasteiger partial charge in [0.2, 0.25) is 0 Å². The molecular formula is C15H15NO2S. The van der Waals surface area contributed by atoms with Gasteiger partial charge >= 0.3 is 5.97 Å². The van der Waals surface area contributed by atoms with Crippen molar-refractivity contribution in [1.82, 2.24) is 0 Å². The first-order valence-electron chi connectivity index (χ1n) is 5.85. The fraction of sp³-hybridized carbons (Fsp3) is 0.133. The number of carbonyl (C=O) groups is 1. The average Bonchev–Trinajstić information content (AvgIpc) is 2.33. The van der Waals surface area contributed by atoms with E-state index in [-0.39, 0.29) is 5.56 Å². The van der Waals surface area contributed by atoms with Crippen molar-refractivity contribution in [2.75, 3.05) is 5.73 Å². The predicted octanol–water partition coefficient (Wildman–Crippen LogP) is 3.74. The monoisotopic (exact) mass is 273 g/mol. The van der Waals surface area contributed by atoms with Crippen LogP contribution in [0.1, 0.15) is 21.5 Å². The zero-order valence-corrected chi connectivity index (χ0v) is 11.6. The third-order valence-corrected chi connectivity index (χ3v) is 4.02. The number of nitrogen functional groups attached to an aromatic ring is 1. The molecule has 0 bridgehead atoms. The Hall–Kier alpha value is -1.94. The molecule has 2 aromatic carbocycles. The first kappa shape index (κ1) is 13.5. The van der Waals surface area contributed by atoms with Crippen LogP contribution in [0.3, 0.4) is 0 Å². The number of rotatable bonds is 3. The van der Waals surface area contributed by atoms with Crippen LogP contribution < -0.4 is 5.73 Å². The van der Waals surface area contributed by atoms with Gasteiger partial charge in [0, 0.05) is 15.5 Å². The molecule has 2 aromatic rings. The minimum absolute atomic E-state index is 0.278. The predicted molar refractivity (Wildman–Crippen MR) is 77.9 cm³/mol. The summed E-state index contributed by atoms with van der Waals surface area (Å²) in [7, 11) is 0. The Morgan fingerprint density at radius 1 is 1.11 bits per heavy atom. The molecule has 3 nitrogen and oxygen atoms in total. The summed E-state index contributed by atoms with van der Waals surface area (Å²) in [5.74, 6) is -0.937. The van der Waals surface area contributed by atoms with E-state index in [0.29, 0.717) is 10.6 Å². The lowest BCUT2D eigenvalue weighted by Gasteiger charge is -2.10. The van der Waals surface area contributed by atoms with Crippen LogP contribution in [-0.2, 0) is 0 Å². The number of aryl methyl sites for hydroxylation is 2. The molecule has 0 saturated heterocycles. The molecular weight excluding hydrogens is 258 g/mol. The number of aromatic carboxylic acids is 1. The van der Waals surface area contributed by atoms with E-state index in [2.05, 4.69) is 6.07 Å². The van der Waals surface area contributed by atoms with E-state index in [9.17, 15) is 9.90 Å². The van der Waals surface area contributed by atoms with Crippen LogP contribution in [0.15, 0.2) is 46.2 Å². The molecule has 0 spiro atoms. The molecule has 0 amide bonds. The van der Waals surface area contributed by atoms with Gasteiger partial charge in [-0.1, -0.05) is 23.9 Å². The van der Waals surface area contributed by atoms with Crippen molar-refractivity contribution in [2.45, 2.75) is 23.6 Å². The van der Waals surface area contributed by atoms with Gasteiger partial charge in [-0.05, 0) is 49.2 Å². The number of benzene rings is 2. The molecule has 19 heavy (non-hydrogen) atoms. The lowest BCUT2D eigenvalue weighted by atomic mass is 10.2. The molecule has 0 radical (unpaired) electrons. The molecule has 0 atom stereocenters. The molecule has 98 valence electrons. The SMILES string of the molecule is Cc1ccc(C)c(Sc2cc(N)ccc2C(=O)O)c1. The molecule has 0 heterocycles. The van der Waals surface area contributed by atoms with E-state index in [1.807, 2.05) is 26.0 Å². The lowest BCUT2D eigenvalue weighted by molar-refractivity contribution is 0.0693. The summed E-state index contributed by atoms with van der Waals surface area (Å²) in [6.45, 7) is 4.02. The van der Waals surface area contributed by atoms with E-state index in [0.717, 1.165) is 16.0 Å². The molecule has 3 N–H and O–H groups in total. The van der Waals surface area contributed by atoms with Crippen molar-refractivity contribution in [1.29, 1.82) is 0 Å². The average molecular weight is 273 g/mol. The van der Waals surface area contributed by atoms with Gasteiger partial charge in [-0.25, -0.2) is 4.79 Å². The number of hydrogen-bond acceptors (Lipinski definition) is 3. The third kappa shape index (κ3) is 3.09. The van der Waals surface area contributed by atoms with Crippen molar-refractivity contribution < 1.29 is 9.90 Å². The Kier molecular flexibility index (Phi) is 3.81. The molecule has 0 fully saturated rings. The summed E-state index contributed by atoms with van der Waals surface area (Å²) in [5.41, 5.74) is 8.86. The quantitative estimate of drug-likeness (QED) is 0.836. The summed E-state index contributed by atoms with van der Waals surface area (Å²) in [5, 5.41) is 9.20. The maximum absolute atomic E-state index is 11.2. The summed E-state index contributed by atoms with van der Waals surface area (Å²) >= 11 is 1.44. The minimum Gasteiger partial charge on any atom is -0.478 e. The van der Waals surface area contributed by atoms with Crippen LogP contribution in [-0.4, -0.2) is 11.1 Å². The van der Waals surface area contributed by atoms with Gasteiger partial charge in [0.1, 0.15) is 0 Å². The zero-order valence-electron chi connectivity index (χ0n) is 10.8. The van der Waals surface area contributed by atoms with Crippen LogP contribution in [0.25, 0.3) is 0 Å². The maximum Gasteiger partial charge on any atom is 0.336 e. The first-order valence-corrected chi connectivity index (χ1v) is 6.67. The van der Waals surface area contributed by atoms with Crippen molar-refractivity contribution in [2.24, 2.45) is 0 Å². The molecule has 2 rings (SSSR count). The van der Waals surface area contributed by atoms with E-state index >= 15 is 0 Å². The van der Waals surface area contributed by atoms with Crippen LogP contribution in [0, 0.1) is 13.8 Å². The van der Waals surface area contributed by atoms with Crippen molar-refractivity contribution in [3.63, 3.8) is 0 Å². The van der Waals surface area contributed by atoms with Crippen molar-refractivity contribution >= 4 is 23.4 Å². The van der Waals surface area contributed by atoms with Gasteiger partial charge in [-0.3, -0.25) is 0 Å². The van der Waals surface area contributed by atoms with E-state index in [1.54, 1.807) is 18.2 Å². The highest BCUT2D eigenvalue weighted by Gasteiger charge is 2.12. The highest BCUT2D eigenvalue weighted by Crippen LogP contribution is 2.34. The highest BCUT2D eigenvalue weighted by molar-refractivity contribution is 7.99. The number of nitrogens with two attached hydrogens (primary N) is 1. The number of carboxylic acids is 1. The van der Waals surface area contributed by atoms with Crippen LogP contribution in [0.2, 0.25) is 0 Å². The van der Waals surface area contributed by atoms with Crippen molar-refractivity contribution in [3.05, 3.63) is 53.1 Å². The summed E-state index contributed by atoms with van der Waals surface area (Å²) < 4.78 is 0. The molecule has 0 aliphatic carbocycles. The second kappa shape index (κ2) is 5.36. The van der Waals surface area contributed by atoms with E-state index in [4.69, 9.17) is 5.73 Å². The Balaban J connectivity index is 2.45. The number of anilines is 1. The smallest absolute Gasteiger partial charge is 0.336 e. The Labute approximate surface area is 116 Å². The molecule has 0 aliphatic heterocycles. The molecule has 0 aliphatic rings. The summed E-state index contributed by atoms with van der Waals surface area (Å²) in [4.78, 5) is 12.9. The normalized spacial score (nSPS) is 10.4. The van der Waals surface area contributed by atoms with E-state index < -0.39 is 5.97 Å². The van der Waals surface area contributed by atoms with Crippen LogP contribution in [0.4, 0.5) is 5.69 Å². The number of carboxylic acid groups (broad SMARTS) is 1. The number of hydrogen-bond donors (Lipinski definition) is 2. The van der Waals surface area contributed by atoms with Crippen molar-refractivity contribution in [3.8, 4) is 0 Å². The summed E-state index contributed by atoms with van der Waals surface area (Å²) in [6, 6.07) is 11.0.